The van der Waals surface area contributed by atoms with Crippen LogP contribution in [0.15, 0.2) is 23.4 Å². The summed E-state index contributed by atoms with van der Waals surface area (Å²) < 4.78 is 39.7. The van der Waals surface area contributed by atoms with Crippen molar-refractivity contribution in [3.63, 3.8) is 0 Å². The molecular formula is C13H19FN2O3S. The lowest BCUT2D eigenvalue weighted by Crippen LogP contribution is -2.46. The Kier molecular flexibility index (Phi) is 4.41. The van der Waals surface area contributed by atoms with Crippen LogP contribution in [0.2, 0.25) is 0 Å². The van der Waals surface area contributed by atoms with Crippen LogP contribution in [0, 0.1) is 11.7 Å². The van der Waals surface area contributed by atoms with Crippen molar-refractivity contribution in [2.45, 2.75) is 43.2 Å². The molecule has 1 aliphatic carbocycles. The fourth-order valence-electron chi connectivity index (χ4n) is 2.66. The quantitative estimate of drug-likeness (QED) is 0.882. The zero-order valence-electron chi connectivity index (χ0n) is 11.3. The van der Waals surface area contributed by atoms with E-state index in [1.54, 1.807) is 0 Å². The molecular weight excluding hydrogens is 283 g/mol. The largest absolute Gasteiger partial charge is 0.389 e. The van der Waals surface area contributed by atoms with E-state index in [2.05, 4.69) is 9.71 Å². The molecule has 0 radical (unpaired) electrons. The highest BCUT2D eigenvalue weighted by atomic mass is 32.2. The average Bonchev–Trinajstić information content (AvgIpc) is 2.37. The maximum absolute atomic E-state index is 13.5. The molecule has 0 aliphatic heterocycles. The molecule has 1 aromatic heterocycles. The molecule has 7 heteroatoms. The molecule has 0 bridgehead atoms. The zero-order valence-corrected chi connectivity index (χ0v) is 12.2. The molecule has 1 aromatic rings. The molecule has 0 saturated heterocycles. The summed E-state index contributed by atoms with van der Waals surface area (Å²) in [6, 6.07) is 2.36. The Morgan fingerprint density at radius 3 is 3.00 bits per heavy atom. The molecule has 0 aromatic carbocycles. The number of aromatic nitrogens is 1. The van der Waals surface area contributed by atoms with Crippen LogP contribution < -0.4 is 4.72 Å². The third-order valence-corrected chi connectivity index (χ3v) is 4.97. The van der Waals surface area contributed by atoms with Gasteiger partial charge in [0.15, 0.2) is 5.82 Å². The van der Waals surface area contributed by atoms with Crippen LogP contribution in [0.5, 0.6) is 0 Å². The predicted molar refractivity (Wildman–Crippen MR) is 72.0 cm³/mol. The number of nitrogens with zero attached hydrogens (tertiary/aromatic N) is 1. The summed E-state index contributed by atoms with van der Waals surface area (Å²) in [5.41, 5.74) is -1.06. The molecule has 5 nitrogen and oxygen atoms in total. The van der Waals surface area contributed by atoms with E-state index < -0.39 is 26.5 Å². The first kappa shape index (κ1) is 15.3. The Morgan fingerprint density at radius 1 is 1.60 bits per heavy atom. The summed E-state index contributed by atoms with van der Waals surface area (Å²) in [7, 11) is -4.04. The van der Waals surface area contributed by atoms with Crippen LogP contribution >= 0.6 is 0 Å². The van der Waals surface area contributed by atoms with Crippen molar-refractivity contribution in [3.05, 3.63) is 24.1 Å². The van der Waals surface area contributed by atoms with Gasteiger partial charge in [0.1, 0.15) is 0 Å². The zero-order chi connectivity index (χ0) is 14.8. The first-order valence-electron chi connectivity index (χ1n) is 6.65. The number of halogens is 1. The third kappa shape index (κ3) is 3.53. The smallest absolute Gasteiger partial charge is 0.261 e. The van der Waals surface area contributed by atoms with Crippen LogP contribution in [0.1, 0.15) is 32.6 Å². The maximum Gasteiger partial charge on any atom is 0.261 e. The summed E-state index contributed by atoms with van der Waals surface area (Å²) >= 11 is 0. The SMILES string of the molecule is CC1CCCC(O)(CNS(=O)(=O)c2ncccc2F)C1. The van der Waals surface area contributed by atoms with E-state index >= 15 is 0 Å². The number of hydrogen-bond donors (Lipinski definition) is 2. The normalized spacial score (nSPS) is 27.4. The summed E-state index contributed by atoms with van der Waals surface area (Å²) in [5.74, 6) is -0.547. The lowest BCUT2D eigenvalue weighted by molar-refractivity contribution is -0.00753. The number of aliphatic hydroxyl groups is 1. The van der Waals surface area contributed by atoms with E-state index in [0.717, 1.165) is 18.9 Å². The van der Waals surface area contributed by atoms with E-state index in [4.69, 9.17) is 0 Å². The minimum Gasteiger partial charge on any atom is -0.389 e. The Bertz CT molecular complexity index is 579. The van der Waals surface area contributed by atoms with Gasteiger partial charge in [-0.25, -0.2) is 22.5 Å². The van der Waals surface area contributed by atoms with Crippen LogP contribution in [0.4, 0.5) is 4.39 Å². The second-order valence-corrected chi connectivity index (χ2v) is 7.22. The molecule has 112 valence electrons. The Morgan fingerprint density at radius 2 is 2.35 bits per heavy atom. The van der Waals surface area contributed by atoms with Crippen LogP contribution in [-0.4, -0.2) is 30.7 Å². The van der Waals surface area contributed by atoms with Crippen LogP contribution in [0.3, 0.4) is 0 Å². The van der Waals surface area contributed by atoms with Gasteiger partial charge in [-0.2, -0.15) is 0 Å². The summed E-state index contributed by atoms with van der Waals surface area (Å²) in [6.45, 7) is 1.91. The molecule has 2 N–H and O–H groups in total. The summed E-state index contributed by atoms with van der Waals surface area (Å²) in [6.07, 6.45) is 4.20. The average molecular weight is 302 g/mol. The van der Waals surface area contributed by atoms with E-state index in [-0.39, 0.29) is 6.54 Å². The minimum absolute atomic E-state index is 0.115. The second-order valence-electron chi connectivity index (χ2n) is 5.54. The highest BCUT2D eigenvalue weighted by Crippen LogP contribution is 2.31. The molecule has 1 fully saturated rings. The molecule has 1 aliphatic rings. The van der Waals surface area contributed by atoms with Crippen LogP contribution in [-0.2, 0) is 10.0 Å². The van der Waals surface area contributed by atoms with Crippen molar-refractivity contribution in [3.8, 4) is 0 Å². The first-order valence-corrected chi connectivity index (χ1v) is 8.13. The van der Waals surface area contributed by atoms with Gasteiger partial charge in [-0.1, -0.05) is 19.8 Å². The number of pyridine rings is 1. The van der Waals surface area contributed by atoms with Gasteiger partial charge in [0.2, 0.25) is 5.03 Å². The molecule has 20 heavy (non-hydrogen) atoms. The number of sulfonamides is 1. The van der Waals surface area contributed by atoms with Crippen molar-refractivity contribution < 1.29 is 17.9 Å². The van der Waals surface area contributed by atoms with Crippen molar-refractivity contribution in [2.75, 3.05) is 6.54 Å². The first-order chi connectivity index (χ1) is 9.32. The number of nitrogens with one attached hydrogen (secondary N) is 1. The molecule has 0 amide bonds. The Hall–Kier alpha value is -1.05. The third-order valence-electron chi connectivity index (χ3n) is 3.64. The second kappa shape index (κ2) is 5.75. The van der Waals surface area contributed by atoms with Gasteiger partial charge >= 0.3 is 0 Å². The highest BCUT2D eigenvalue weighted by Gasteiger charge is 2.34. The predicted octanol–water partition coefficient (Wildman–Crippen LogP) is 1.44. The lowest BCUT2D eigenvalue weighted by atomic mass is 9.79. The molecule has 2 rings (SSSR count). The van der Waals surface area contributed by atoms with Gasteiger partial charge in [-0.3, -0.25) is 0 Å². The van der Waals surface area contributed by atoms with E-state index in [1.807, 2.05) is 6.92 Å². The molecule has 1 saturated carbocycles. The summed E-state index contributed by atoms with van der Waals surface area (Å²) in [5, 5.41) is 9.75. The van der Waals surface area contributed by atoms with Crippen LogP contribution in [0.25, 0.3) is 0 Å². The fourth-order valence-corrected chi connectivity index (χ4v) is 3.78. The molecule has 0 spiro atoms. The van der Waals surface area contributed by atoms with E-state index in [1.165, 1.54) is 12.3 Å². The fraction of sp³-hybridized carbons (Fsp3) is 0.615. The summed E-state index contributed by atoms with van der Waals surface area (Å²) in [4.78, 5) is 3.54. The van der Waals surface area contributed by atoms with Gasteiger partial charge < -0.3 is 5.11 Å². The van der Waals surface area contributed by atoms with Gasteiger partial charge in [0, 0.05) is 12.7 Å². The monoisotopic (exact) mass is 302 g/mol. The van der Waals surface area contributed by atoms with E-state index in [9.17, 15) is 17.9 Å². The minimum atomic E-state index is -4.04. The van der Waals surface area contributed by atoms with Gasteiger partial charge in [0.25, 0.3) is 10.0 Å². The molecule has 2 unspecified atom stereocenters. The van der Waals surface area contributed by atoms with Gasteiger partial charge in [0.05, 0.1) is 5.60 Å². The van der Waals surface area contributed by atoms with Crippen molar-refractivity contribution in [1.29, 1.82) is 0 Å². The Balaban J connectivity index is 2.08. The topological polar surface area (TPSA) is 79.3 Å². The van der Waals surface area contributed by atoms with Crippen molar-refractivity contribution in [2.24, 2.45) is 5.92 Å². The standard InChI is InChI=1S/C13H19FN2O3S/c1-10-4-2-6-13(17,8-10)9-16-20(18,19)12-11(14)5-3-7-15-12/h3,5,7,10,16-17H,2,4,6,8-9H2,1H3. The van der Waals surface area contributed by atoms with Crippen molar-refractivity contribution >= 4 is 10.0 Å². The van der Waals surface area contributed by atoms with Crippen molar-refractivity contribution in [1.82, 2.24) is 9.71 Å². The highest BCUT2D eigenvalue weighted by molar-refractivity contribution is 7.89. The molecule has 2 atom stereocenters. The van der Waals surface area contributed by atoms with Gasteiger partial charge in [-0.15, -0.1) is 0 Å². The van der Waals surface area contributed by atoms with E-state index in [0.29, 0.717) is 18.8 Å². The van der Waals surface area contributed by atoms with Gasteiger partial charge in [-0.05, 0) is 30.9 Å². The lowest BCUT2D eigenvalue weighted by Gasteiger charge is -2.35. The maximum atomic E-state index is 13.5. The Labute approximate surface area is 118 Å². The molecule has 1 heterocycles. The number of rotatable bonds is 4. The number of hydrogen-bond acceptors (Lipinski definition) is 4.